The minimum absolute atomic E-state index is 0.0361. The normalized spacial score (nSPS) is 12.1. The van der Waals surface area contributed by atoms with Gasteiger partial charge in [-0.1, -0.05) is 175 Å². The molecular weight excluding hydrogens is 619 g/mol. The Labute approximate surface area is 312 Å². The zero-order valence-corrected chi connectivity index (χ0v) is 34.2. The molecule has 0 rings (SSSR count). The van der Waals surface area contributed by atoms with E-state index in [0.717, 1.165) is 64.0 Å². The molecule has 0 aliphatic heterocycles. The number of aliphatic hydroxyl groups is 1. The van der Waals surface area contributed by atoms with E-state index in [0.29, 0.717) is 19.1 Å². The molecule has 0 atom stereocenters. The molecular formula is C44H89N3O3. The van der Waals surface area contributed by atoms with Crippen LogP contribution in [0.4, 0.5) is 0 Å². The molecule has 0 aromatic rings. The summed E-state index contributed by atoms with van der Waals surface area (Å²) in [6.45, 7) is 10.4. The van der Waals surface area contributed by atoms with Crippen molar-refractivity contribution in [1.29, 1.82) is 0 Å². The number of nitrogens with zero attached hydrogens (tertiary/aromatic N) is 2. The molecule has 0 fully saturated rings. The van der Waals surface area contributed by atoms with Gasteiger partial charge >= 0.3 is 5.97 Å². The lowest BCUT2D eigenvalue weighted by Gasteiger charge is -2.21. The van der Waals surface area contributed by atoms with Crippen molar-refractivity contribution in [2.75, 3.05) is 32.8 Å². The van der Waals surface area contributed by atoms with Crippen LogP contribution in [-0.2, 0) is 9.53 Å². The Morgan fingerprint density at radius 3 is 1.44 bits per heavy atom. The van der Waals surface area contributed by atoms with Crippen LogP contribution in [-0.4, -0.2) is 60.7 Å². The minimum atomic E-state index is -0.0361. The SMILES string of the molecule is CCCCCCCCCCCOC(=O)CCCCCN(CCO)CCCCCCCC(N)=NC(CCCCCCCC)CCCCCCCC. The summed E-state index contributed by atoms with van der Waals surface area (Å²) in [4.78, 5) is 19.5. The summed E-state index contributed by atoms with van der Waals surface area (Å²) >= 11 is 0. The van der Waals surface area contributed by atoms with E-state index in [1.165, 1.54) is 167 Å². The van der Waals surface area contributed by atoms with Gasteiger partial charge in [-0.15, -0.1) is 0 Å². The van der Waals surface area contributed by atoms with Crippen LogP contribution >= 0.6 is 0 Å². The van der Waals surface area contributed by atoms with Gasteiger partial charge in [0.05, 0.1) is 25.1 Å². The highest BCUT2D eigenvalue weighted by Crippen LogP contribution is 2.18. The molecule has 6 heteroatoms. The van der Waals surface area contributed by atoms with Gasteiger partial charge in [0, 0.05) is 19.4 Å². The summed E-state index contributed by atoms with van der Waals surface area (Å²) in [6, 6.07) is 0.424. The number of unbranched alkanes of at least 4 members (excludes halogenated alkanes) is 24. The first-order valence-corrected chi connectivity index (χ1v) is 22.4. The fraction of sp³-hybridized carbons (Fsp3) is 0.955. The van der Waals surface area contributed by atoms with Gasteiger partial charge in [0.2, 0.25) is 0 Å². The Bertz CT molecular complexity index is 701. The number of esters is 1. The van der Waals surface area contributed by atoms with E-state index < -0.39 is 0 Å². The van der Waals surface area contributed by atoms with Gasteiger partial charge in [-0.05, 0) is 58.0 Å². The van der Waals surface area contributed by atoms with E-state index in [1.54, 1.807) is 0 Å². The first-order valence-electron chi connectivity index (χ1n) is 22.4. The molecule has 0 amide bonds. The summed E-state index contributed by atoms with van der Waals surface area (Å²) in [5, 5.41) is 9.55. The summed E-state index contributed by atoms with van der Waals surface area (Å²) in [7, 11) is 0. The third kappa shape index (κ3) is 36.6. The van der Waals surface area contributed by atoms with Gasteiger partial charge in [0.1, 0.15) is 0 Å². The van der Waals surface area contributed by atoms with Gasteiger partial charge < -0.3 is 20.5 Å². The van der Waals surface area contributed by atoms with Crippen LogP contribution < -0.4 is 5.73 Å². The Hall–Kier alpha value is -1.14. The van der Waals surface area contributed by atoms with Crippen LogP contribution in [0.15, 0.2) is 4.99 Å². The quantitative estimate of drug-likeness (QED) is 0.0286. The van der Waals surface area contributed by atoms with Gasteiger partial charge in [-0.3, -0.25) is 9.79 Å². The van der Waals surface area contributed by atoms with Gasteiger partial charge in [-0.2, -0.15) is 0 Å². The molecule has 0 saturated carbocycles. The van der Waals surface area contributed by atoms with Crippen molar-refractivity contribution in [3.63, 3.8) is 0 Å². The minimum Gasteiger partial charge on any atom is -0.466 e. The van der Waals surface area contributed by atoms with Crippen LogP contribution in [0, 0.1) is 0 Å². The summed E-state index contributed by atoms with van der Waals surface area (Å²) in [5.74, 6) is 0.846. The van der Waals surface area contributed by atoms with Crippen molar-refractivity contribution in [3.05, 3.63) is 0 Å². The maximum atomic E-state index is 12.1. The van der Waals surface area contributed by atoms with Crippen molar-refractivity contribution in [2.45, 2.75) is 239 Å². The number of hydrogen-bond donors (Lipinski definition) is 2. The van der Waals surface area contributed by atoms with Gasteiger partial charge in [0.15, 0.2) is 0 Å². The summed E-state index contributed by atoms with van der Waals surface area (Å²) < 4.78 is 5.45. The molecule has 0 radical (unpaired) electrons. The Morgan fingerprint density at radius 1 is 0.540 bits per heavy atom. The predicted molar refractivity (Wildman–Crippen MR) is 219 cm³/mol. The second kappa shape index (κ2) is 40.6. The molecule has 3 N–H and O–H groups in total. The summed E-state index contributed by atoms with van der Waals surface area (Å²) in [6.07, 6.45) is 40.5. The van der Waals surface area contributed by atoms with Crippen molar-refractivity contribution < 1.29 is 14.6 Å². The molecule has 50 heavy (non-hydrogen) atoms. The number of ether oxygens (including phenoxy) is 1. The average Bonchev–Trinajstić information content (AvgIpc) is 3.11. The van der Waals surface area contributed by atoms with Gasteiger partial charge in [-0.25, -0.2) is 0 Å². The lowest BCUT2D eigenvalue weighted by atomic mass is 10.0. The van der Waals surface area contributed by atoms with E-state index in [4.69, 9.17) is 15.5 Å². The second-order valence-electron chi connectivity index (χ2n) is 15.3. The molecule has 0 aromatic heterocycles. The highest BCUT2D eigenvalue weighted by Gasteiger charge is 2.09. The number of nitrogens with two attached hydrogens (primary N) is 1. The fourth-order valence-corrected chi connectivity index (χ4v) is 6.99. The number of hydrogen-bond acceptors (Lipinski definition) is 5. The highest BCUT2D eigenvalue weighted by molar-refractivity contribution is 5.80. The molecule has 0 heterocycles. The molecule has 0 spiro atoms. The molecule has 6 nitrogen and oxygen atoms in total. The third-order valence-electron chi connectivity index (χ3n) is 10.3. The Morgan fingerprint density at radius 2 is 0.940 bits per heavy atom. The van der Waals surface area contributed by atoms with Crippen molar-refractivity contribution in [2.24, 2.45) is 10.7 Å². The van der Waals surface area contributed by atoms with Crippen molar-refractivity contribution in [3.8, 4) is 0 Å². The van der Waals surface area contributed by atoms with E-state index in [9.17, 15) is 9.90 Å². The molecule has 0 aliphatic rings. The smallest absolute Gasteiger partial charge is 0.305 e. The Kier molecular flexibility index (Phi) is 39.7. The van der Waals surface area contributed by atoms with Crippen LogP contribution in [0.3, 0.4) is 0 Å². The Balaban J connectivity index is 4.03. The van der Waals surface area contributed by atoms with Crippen molar-refractivity contribution in [1.82, 2.24) is 4.90 Å². The number of aliphatic hydroxyl groups excluding tert-OH is 1. The zero-order chi connectivity index (χ0) is 36.6. The molecule has 298 valence electrons. The zero-order valence-electron chi connectivity index (χ0n) is 34.2. The summed E-state index contributed by atoms with van der Waals surface area (Å²) in [5.41, 5.74) is 6.46. The molecule has 0 aliphatic carbocycles. The maximum absolute atomic E-state index is 12.1. The molecule has 0 bridgehead atoms. The van der Waals surface area contributed by atoms with Crippen LogP contribution in [0.1, 0.15) is 233 Å². The van der Waals surface area contributed by atoms with E-state index >= 15 is 0 Å². The lowest BCUT2D eigenvalue weighted by molar-refractivity contribution is -0.143. The number of rotatable bonds is 41. The number of carbonyl (C=O) groups is 1. The highest BCUT2D eigenvalue weighted by atomic mass is 16.5. The monoisotopic (exact) mass is 708 g/mol. The standard InChI is InChI=1S/C44H89N3O3/c1-4-7-10-13-16-17-18-24-32-41-50-44(49)36-29-25-31-38-47(39-40-48)37-30-23-19-22-28-35-43(45)46-42(33-26-20-14-11-8-5-2)34-27-21-15-12-9-6-3/h42,48H,4-41H2,1-3H3,(H2,45,46). The first-order chi connectivity index (χ1) is 24.6. The first kappa shape index (κ1) is 48.9. The molecule has 0 saturated heterocycles. The molecule has 0 unspecified atom stereocenters. The van der Waals surface area contributed by atoms with E-state index in [2.05, 4.69) is 25.7 Å². The topological polar surface area (TPSA) is 88.1 Å². The van der Waals surface area contributed by atoms with Crippen LogP contribution in [0.5, 0.6) is 0 Å². The fourth-order valence-electron chi connectivity index (χ4n) is 6.99. The largest absolute Gasteiger partial charge is 0.466 e. The maximum Gasteiger partial charge on any atom is 0.305 e. The second-order valence-corrected chi connectivity index (χ2v) is 15.3. The number of carbonyl (C=O) groups excluding carboxylic acids is 1. The van der Waals surface area contributed by atoms with E-state index in [-0.39, 0.29) is 12.6 Å². The van der Waals surface area contributed by atoms with Crippen LogP contribution in [0.2, 0.25) is 0 Å². The van der Waals surface area contributed by atoms with Crippen LogP contribution in [0.25, 0.3) is 0 Å². The third-order valence-corrected chi connectivity index (χ3v) is 10.3. The number of amidine groups is 1. The lowest BCUT2D eigenvalue weighted by Crippen LogP contribution is -2.29. The molecule has 0 aromatic carbocycles. The number of aliphatic imine (C=N–C) groups is 1. The van der Waals surface area contributed by atoms with Gasteiger partial charge in [0.25, 0.3) is 0 Å². The average molecular weight is 708 g/mol. The van der Waals surface area contributed by atoms with E-state index in [1.807, 2.05) is 0 Å². The predicted octanol–water partition coefficient (Wildman–Crippen LogP) is 12.5. The van der Waals surface area contributed by atoms with Crippen molar-refractivity contribution >= 4 is 11.8 Å².